The molecule has 1 atom stereocenters. The van der Waals surface area contributed by atoms with Gasteiger partial charge in [0.2, 0.25) is 0 Å². The maximum Gasteiger partial charge on any atom is 0.403 e. The van der Waals surface area contributed by atoms with Gasteiger partial charge < -0.3 is 10.4 Å². The van der Waals surface area contributed by atoms with Crippen LogP contribution in [0.3, 0.4) is 0 Å². The van der Waals surface area contributed by atoms with Gasteiger partial charge in [-0.2, -0.15) is 13.2 Å². The Morgan fingerprint density at radius 1 is 1.41 bits per heavy atom. The van der Waals surface area contributed by atoms with Crippen LogP contribution >= 0.6 is 0 Å². The largest absolute Gasteiger partial charge is 0.481 e. The normalized spacial score (nSPS) is 24.4. The zero-order valence-electron chi connectivity index (χ0n) is 9.39. The van der Waals surface area contributed by atoms with Crippen molar-refractivity contribution in [2.24, 2.45) is 17.3 Å². The molecule has 0 radical (unpaired) electrons. The molecule has 2 aliphatic rings. The summed E-state index contributed by atoms with van der Waals surface area (Å²) in [6.45, 7) is 0.00479. The minimum absolute atomic E-state index is 0.189. The zero-order valence-corrected chi connectivity index (χ0v) is 9.39. The summed E-state index contributed by atoms with van der Waals surface area (Å²) in [5.74, 6) is -3.44. The number of carboxylic acid groups (broad SMARTS) is 1. The van der Waals surface area contributed by atoms with Crippen molar-refractivity contribution in [3.05, 3.63) is 0 Å². The lowest BCUT2D eigenvalue weighted by Gasteiger charge is -2.19. The van der Waals surface area contributed by atoms with Crippen LogP contribution in [-0.2, 0) is 4.79 Å². The van der Waals surface area contributed by atoms with E-state index in [1.165, 1.54) is 12.8 Å². The van der Waals surface area contributed by atoms with Crippen molar-refractivity contribution >= 4 is 5.97 Å². The van der Waals surface area contributed by atoms with Gasteiger partial charge in [0.15, 0.2) is 5.92 Å². The molecule has 0 saturated heterocycles. The van der Waals surface area contributed by atoms with Crippen LogP contribution < -0.4 is 5.32 Å². The van der Waals surface area contributed by atoms with Gasteiger partial charge in [-0.25, -0.2) is 0 Å². The molecule has 2 saturated carbocycles. The molecule has 17 heavy (non-hydrogen) atoms. The topological polar surface area (TPSA) is 49.3 Å². The van der Waals surface area contributed by atoms with Gasteiger partial charge in [0, 0.05) is 13.1 Å². The highest BCUT2D eigenvalue weighted by molar-refractivity contribution is 5.71. The number of hydrogen-bond donors (Lipinski definition) is 2. The summed E-state index contributed by atoms with van der Waals surface area (Å²) in [6.07, 6.45) is -0.204. The maximum absolute atomic E-state index is 12.4. The summed E-state index contributed by atoms with van der Waals surface area (Å²) in [4.78, 5) is 10.5. The number of nitrogens with one attached hydrogen (secondary N) is 1. The fourth-order valence-corrected chi connectivity index (χ4v) is 2.39. The average molecular weight is 251 g/mol. The minimum atomic E-state index is -4.67. The van der Waals surface area contributed by atoms with Gasteiger partial charge in [0.05, 0.1) is 0 Å². The summed E-state index contributed by atoms with van der Waals surface area (Å²) < 4.78 is 37.1. The van der Waals surface area contributed by atoms with Gasteiger partial charge in [-0.15, -0.1) is 0 Å². The number of rotatable bonds is 6. The van der Waals surface area contributed by atoms with E-state index in [0.29, 0.717) is 12.5 Å². The van der Waals surface area contributed by atoms with Crippen molar-refractivity contribution in [2.75, 3.05) is 13.1 Å². The molecule has 2 aliphatic carbocycles. The van der Waals surface area contributed by atoms with E-state index in [1.807, 2.05) is 0 Å². The molecule has 0 aromatic heterocycles. The van der Waals surface area contributed by atoms with Gasteiger partial charge in [-0.1, -0.05) is 0 Å². The lowest BCUT2D eigenvalue weighted by Crippen LogP contribution is -2.41. The van der Waals surface area contributed by atoms with Gasteiger partial charge in [-0.3, -0.25) is 4.79 Å². The molecule has 0 aromatic carbocycles. The summed E-state index contributed by atoms with van der Waals surface area (Å²) in [5.41, 5.74) is 0.189. The van der Waals surface area contributed by atoms with Gasteiger partial charge in [0.1, 0.15) is 0 Å². The molecule has 2 N–H and O–H groups in total. The van der Waals surface area contributed by atoms with E-state index in [4.69, 9.17) is 5.11 Å². The van der Waals surface area contributed by atoms with E-state index in [1.54, 1.807) is 0 Å². The zero-order chi connectivity index (χ0) is 12.7. The van der Waals surface area contributed by atoms with E-state index in [9.17, 15) is 18.0 Å². The molecular weight excluding hydrogens is 235 g/mol. The molecule has 0 heterocycles. The Hall–Kier alpha value is -0.780. The summed E-state index contributed by atoms with van der Waals surface area (Å²) in [5, 5.41) is 11.2. The molecule has 6 heteroatoms. The smallest absolute Gasteiger partial charge is 0.403 e. The molecule has 0 spiro atoms. The van der Waals surface area contributed by atoms with E-state index in [-0.39, 0.29) is 5.41 Å². The molecule has 0 amide bonds. The van der Waals surface area contributed by atoms with Crippen LogP contribution in [0.15, 0.2) is 0 Å². The van der Waals surface area contributed by atoms with Crippen molar-refractivity contribution in [3.8, 4) is 0 Å². The lowest BCUT2D eigenvalue weighted by molar-refractivity contribution is -0.192. The molecule has 2 rings (SSSR count). The predicted octanol–water partition coefficient (Wildman–Crippen LogP) is 2.03. The Balaban J connectivity index is 1.78. The van der Waals surface area contributed by atoms with Crippen molar-refractivity contribution in [3.63, 3.8) is 0 Å². The summed E-state index contributed by atoms with van der Waals surface area (Å²) >= 11 is 0. The predicted molar refractivity (Wildman–Crippen MR) is 54.4 cm³/mol. The van der Waals surface area contributed by atoms with Crippen LogP contribution in [0.25, 0.3) is 0 Å². The minimum Gasteiger partial charge on any atom is -0.481 e. The van der Waals surface area contributed by atoms with E-state index < -0.39 is 24.6 Å². The monoisotopic (exact) mass is 251 g/mol. The highest BCUT2D eigenvalue weighted by Crippen LogP contribution is 2.60. The van der Waals surface area contributed by atoms with Crippen molar-refractivity contribution in [1.29, 1.82) is 0 Å². The van der Waals surface area contributed by atoms with E-state index in [2.05, 4.69) is 5.32 Å². The maximum atomic E-state index is 12.4. The quantitative estimate of drug-likeness (QED) is 0.759. The van der Waals surface area contributed by atoms with Gasteiger partial charge in [0.25, 0.3) is 0 Å². The van der Waals surface area contributed by atoms with Crippen LogP contribution in [-0.4, -0.2) is 30.3 Å². The summed E-state index contributed by atoms with van der Waals surface area (Å²) in [7, 11) is 0. The number of carboxylic acids is 1. The number of alkyl halides is 3. The van der Waals surface area contributed by atoms with Gasteiger partial charge >= 0.3 is 12.1 Å². The number of carbonyl (C=O) groups is 1. The molecular formula is C11H16F3NO2. The van der Waals surface area contributed by atoms with Crippen molar-refractivity contribution < 1.29 is 23.1 Å². The average Bonchev–Trinajstić information content (AvgIpc) is 2.99. The molecule has 1 unspecified atom stereocenters. The Labute approximate surface area is 97.4 Å². The van der Waals surface area contributed by atoms with E-state index in [0.717, 1.165) is 12.8 Å². The third-order valence-corrected chi connectivity index (χ3v) is 3.85. The highest BCUT2D eigenvalue weighted by Gasteiger charge is 2.53. The Morgan fingerprint density at radius 2 is 2.00 bits per heavy atom. The Bertz CT molecular complexity index is 308. The molecule has 0 aliphatic heterocycles. The molecule has 0 bridgehead atoms. The van der Waals surface area contributed by atoms with Crippen LogP contribution in [0.2, 0.25) is 0 Å². The van der Waals surface area contributed by atoms with Crippen LogP contribution in [0.5, 0.6) is 0 Å². The summed E-state index contributed by atoms with van der Waals surface area (Å²) in [6, 6.07) is 0. The first-order valence-corrected chi connectivity index (χ1v) is 5.85. The molecule has 98 valence electrons. The van der Waals surface area contributed by atoms with Crippen LogP contribution in [0, 0.1) is 17.3 Å². The van der Waals surface area contributed by atoms with Gasteiger partial charge in [-0.05, 0) is 37.0 Å². The van der Waals surface area contributed by atoms with E-state index >= 15 is 0 Å². The first-order chi connectivity index (χ1) is 7.85. The second-order valence-corrected chi connectivity index (χ2v) is 5.20. The van der Waals surface area contributed by atoms with Crippen molar-refractivity contribution in [1.82, 2.24) is 5.32 Å². The van der Waals surface area contributed by atoms with Crippen LogP contribution in [0.1, 0.15) is 25.7 Å². The number of aliphatic carboxylic acids is 1. The fraction of sp³-hybridized carbons (Fsp3) is 0.909. The first-order valence-electron chi connectivity index (χ1n) is 5.85. The SMILES string of the molecule is O=C(O)C(CNCC1(C2CC2)CC1)C(F)(F)F. The second kappa shape index (κ2) is 4.15. The molecule has 2 fully saturated rings. The fourth-order valence-electron chi connectivity index (χ4n) is 2.39. The number of halogens is 3. The van der Waals surface area contributed by atoms with Crippen molar-refractivity contribution in [2.45, 2.75) is 31.9 Å². The standard InChI is InChI=1S/C11H16F3NO2/c12-11(13,14)8(9(16)17)5-15-6-10(3-4-10)7-1-2-7/h7-8,15H,1-6H2,(H,16,17). The number of hydrogen-bond acceptors (Lipinski definition) is 2. The Kier molecular flexibility index (Phi) is 3.10. The second-order valence-electron chi connectivity index (χ2n) is 5.20. The molecule has 0 aromatic rings. The third kappa shape index (κ3) is 2.91. The Morgan fingerprint density at radius 3 is 2.35 bits per heavy atom. The highest BCUT2D eigenvalue weighted by atomic mass is 19.4. The third-order valence-electron chi connectivity index (χ3n) is 3.85. The first kappa shape index (κ1) is 12.7. The lowest BCUT2D eigenvalue weighted by atomic mass is 10.0. The van der Waals surface area contributed by atoms with Crippen LogP contribution in [0.4, 0.5) is 13.2 Å². The molecule has 3 nitrogen and oxygen atoms in total.